The minimum atomic E-state index is 0.311. The molecule has 23 heavy (non-hydrogen) atoms. The summed E-state index contributed by atoms with van der Waals surface area (Å²) < 4.78 is 0. The lowest BCUT2D eigenvalue weighted by molar-refractivity contribution is 0.610. The van der Waals surface area contributed by atoms with Crippen LogP contribution in [0.15, 0.2) is 24.3 Å². The van der Waals surface area contributed by atoms with E-state index in [1.807, 2.05) is 12.1 Å². The lowest BCUT2D eigenvalue weighted by Gasteiger charge is -2.19. The molecule has 0 unspecified atom stereocenters. The summed E-state index contributed by atoms with van der Waals surface area (Å²) in [4.78, 5) is 4.51. The molecule has 0 amide bonds. The van der Waals surface area contributed by atoms with Gasteiger partial charge >= 0.3 is 0 Å². The number of anilines is 1. The molecule has 114 valence electrons. The molecule has 0 spiro atoms. The van der Waals surface area contributed by atoms with Crippen LogP contribution in [-0.2, 0) is 12.8 Å². The van der Waals surface area contributed by atoms with Crippen molar-refractivity contribution in [1.29, 1.82) is 10.5 Å². The Balaban J connectivity index is 2.23. The lowest BCUT2D eigenvalue weighted by Crippen LogP contribution is -2.10. The predicted molar refractivity (Wildman–Crippen MR) is 89.4 cm³/mol. The molecule has 4 nitrogen and oxygen atoms in total. The first-order valence-corrected chi connectivity index (χ1v) is 7.96. The summed E-state index contributed by atoms with van der Waals surface area (Å²) >= 11 is 0. The van der Waals surface area contributed by atoms with E-state index in [0.717, 1.165) is 48.1 Å². The van der Waals surface area contributed by atoms with Crippen molar-refractivity contribution in [2.75, 3.05) is 5.73 Å². The highest BCUT2D eigenvalue weighted by Crippen LogP contribution is 2.35. The number of nitriles is 2. The number of nitrogen functional groups attached to an aromatic ring is 1. The van der Waals surface area contributed by atoms with Crippen LogP contribution >= 0.6 is 0 Å². The number of benzene rings is 1. The maximum Gasteiger partial charge on any atom is 0.142 e. The van der Waals surface area contributed by atoms with Crippen LogP contribution < -0.4 is 5.73 Å². The zero-order valence-corrected chi connectivity index (χ0v) is 13.0. The van der Waals surface area contributed by atoms with Gasteiger partial charge in [-0.05, 0) is 48.9 Å². The largest absolute Gasteiger partial charge is 0.383 e. The third kappa shape index (κ3) is 2.89. The van der Waals surface area contributed by atoms with Gasteiger partial charge in [0.1, 0.15) is 17.5 Å². The highest BCUT2D eigenvalue weighted by Gasteiger charge is 2.20. The minimum absolute atomic E-state index is 0.311. The Hall–Kier alpha value is -2.85. The summed E-state index contributed by atoms with van der Waals surface area (Å²) in [5.41, 5.74) is 11.1. The van der Waals surface area contributed by atoms with E-state index in [1.54, 1.807) is 12.1 Å². The number of nitrogens with zero attached hydrogens (tertiary/aromatic N) is 3. The van der Waals surface area contributed by atoms with E-state index in [2.05, 4.69) is 17.1 Å². The van der Waals surface area contributed by atoms with Crippen LogP contribution in [0.4, 0.5) is 5.82 Å². The summed E-state index contributed by atoms with van der Waals surface area (Å²) in [5.74, 6) is 0.311. The predicted octanol–water partition coefficient (Wildman–Crippen LogP) is 3.73. The van der Waals surface area contributed by atoms with E-state index in [4.69, 9.17) is 11.0 Å². The van der Waals surface area contributed by atoms with Gasteiger partial charge in [0.25, 0.3) is 0 Å². The molecule has 0 radical (unpaired) electrons. The molecule has 2 N–H and O–H groups in total. The van der Waals surface area contributed by atoms with E-state index in [1.165, 1.54) is 12.8 Å². The second kappa shape index (κ2) is 6.50. The fraction of sp³-hybridized carbons (Fsp3) is 0.316. The van der Waals surface area contributed by atoms with Crippen LogP contribution in [0.1, 0.15) is 48.1 Å². The van der Waals surface area contributed by atoms with Crippen molar-refractivity contribution < 1.29 is 0 Å². The Bertz CT molecular complexity index is 807. The quantitative estimate of drug-likeness (QED) is 0.869. The van der Waals surface area contributed by atoms with Gasteiger partial charge in [0.05, 0.1) is 11.6 Å². The molecule has 0 bridgehead atoms. The van der Waals surface area contributed by atoms with Crippen molar-refractivity contribution in [2.45, 2.75) is 38.5 Å². The van der Waals surface area contributed by atoms with Gasteiger partial charge in [-0.25, -0.2) is 4.98 Å². The molecule has 1 heterocycles. The Morgan fingerprint density at radius 2 is 1.61 bits per heavy atom. The monoisotopic (exact) mass is 302 g/mol. The number of aromatic nitrogens is 1. The molecule has 0 aliphatic heterocycles. The Kier molecular flexibility index (Phi) is 4.26. The van der Waals surface area contributed by atoms with Crippen molar-refractivity contribution in [2.24, 2.45) is 0 Å². The fourth-order valence-corrected chi connectivity index (χ4v) is 3.26. The summed E-state index contributed by atoms with van der Waals surface area (Å²) in [5, 5.41) is 18.5. The first kappa shape index (κ1) is 15.1. The second-order valence-corrected chi connectivity index (χ2v) is 5.89. The number of hydrogen-bond donors (Lipinski definition) is 1. The third-order valence-electron chi connectivity index (χ3n) is 4.42. The van der Waals surface area contributed by atoms with Gasteiger partial charge in [-0.15, -0.1) is 0 Å². The van der Waals surface area contributed by atoms with Crippen LogP contribution in [0, 0.1) is 22.7 Å². The molecule has 1 aliphatic carbocycles. The van der Waals surface area contributed by atoms with Gasteiger partial charge in [0, 0.05) is 11.3 Å². The standard InChI is InChI=1S/C19H18N4/c20-11-13-7-9-14(10-8-13)18-15-5-3-1-2-4-6-17(15)23-19(22)16(18)12-21/h7-10H,1-6H2,(H2,22,23). The maximum atomic E-state index is 9.57. The summed E-state index contributed by atoms with van der Waals surface area (Å²) in [6.45, 7) is 0. The fourth-order valence-electron chi connectivity index (χ4n) is 3.26. The van der Waals surface area contributed by atoms with E-state index >= 15 is 0 Å². The third-order valence-corrected chi connectivity index (χ3v) is 4.42. The van der Waals surface area contributed by atoms with Crippen molar-refractivity contribution in [3.05, 3.63) is 46.6 Å². The van der Waals surface area contributed by atoms with Gasteiger partial charge in [-0.1, -0.05) is 25.0 Å². The molecule has 0 fully saturated rings. The van der Waals surface area contributed by atoms with Crippen LogP contribution in [0.5, 0.6) is 0 Å². The molecule has 4 heteroatoms. The molecule has 1 aromatic carbocycles. The average Bonchev–Trinajstić information content (AvgIpc) is 2.56. The Labute approximate surface area is 136 Å². The van der Waals surface area contributed by atoms with E-state index in [9.17, 15) is 5.26 Å². The maximum absolute atomic E-state index is 9.57. The minimum Gasteiger partial charge on any atom is -0.383 e. The molecule has 0 saturated heterocycles. The average molecular weight is 302 g/mol. The van der Waals surface area contributed by atoms with Crippen molar-refractivity contribution in [1.82, 2.24) is 4.98 Å². The molecule has 0 saturated carbocycles. The van der Waals surface area contributed by atoms with Crippen LogP contribution in [0.2, 0.25) is 0 Å². The molecule has 2 aromatic rings. The van der Waals surface area contributed by atoms with Gasteiger partial charge in [-0.3, -0.25) is 0 Å². The number of rotatable bonds is 1. The number of fused-ring (bicyclic) bond motifs is 1. The van der Waals surface area contributed by atoms with Gasteiger partial charge < -0.3 is 5.73 Å². The van der Waals surface area contributed by atoms with Crippen LogP contribution in [0.3, 0.4) is 0 Å². The number of nitrogens with two attached hydrogens (primary N) is 1. The van der Waals surface area contributed by atoms with Gasteiger partial charge in [0.2, 0.25) is 0 Å². The number of pyridine rings is 1. The number of hydrogen-bond acceptors (Lipinski definition) is 4. The molecule has 3 rings (SSSR count). The molecule has 1 aromatic heterocycles. The van der Waals surface area contributed by atoms with Crippen LogP contribution in [0.25, 0.3) is 11.1 Å². The Morgan fingerprint density at radius 1 is 0.913 bits per heavy atom. The summed E-state index contributed by atoms with van der Waals surface area (Å²) in [7, 11) is 0. The van der Waals surface area contributed by atoms with E-state index in [-0.39, 0.29) is 0 Å². The molecule has 1 aliphatic rings. The van der Waals surface area contributed by atoms with Crippen LogP contribution in [-0.4, -0.2) is 4.98 Å². The van der Waals surface area contributed by atoms with Crippen molar-refractivity contribution in [3.8, 4) is 23.3 Å². The number of aryl methyl sites for hydroxylation is 1. The molecular weight excluding hydrogens is 284 g/mol. The first-order valence-electron chi connectivity index (χ1n) is 7.96. The topological polar surface area (TPSA) is 86.5 Å². The summed E-state index contributed by atoms with van der Waals surface area (Å²) in [6.07, 6.45) is 6.47. The molecule has 0 atom stereocenters. The van der Waals surface area contributed by atoms with Gasteiger partial charge in [-0.2, -0.15) is 10.5 Å². The molecular formula is C19H18N4. The Morgan fingerprint density at radius 3 is 2.26 bits per heavy atom. The van der Waals surface area contributed by atoms with E-state index in [0.29, 0.717) is 16.9 Å². The lowest BCUT2D eigenvalue weighted by atomic mass is 9.88. The van der Waals surface area contributed by atoms with Crippen molar-refractivity contribution in [3.63, 3.8) is 0 Å². The smallest absolute Gasteiger partial charge is 0.142 e. The first-order chi connectivity index (χ1) is 11.2. The highest BCUT2D eigenvalue weighted by molar-refractivity contribution is 5.79. The highest BCUT2D eigenvalue weighted by atomic mass is 14.9. The summed E-state index contributed by atoms with van der Waals surface area (Å²) in [6, 6.07) is 11.7. The van der Waals surface area contributed by atoms with Gasteiger partial charge in [0.15, 0.2) is 0 Å². The SMILES string of the molecule is N#Cc1ccc(-c2c(C#N)c(N)nc3c2CCCCCC3)cc1. The van der Waals surface area contributed by atoms with E-state index < -0.39 is 0 Å². The normalized spacial score (nSPS) is 14.0. The van der Waals surface area contributed by atoms with Crippen molar-refractivity contribution >= 4 is 5.82 Å². The zero-order valence-electron chi connectivity index (χ0n) is 13.0. The second-order valence-electron chi connectivity index (χ2n) is 5.89. The zero-order chi connectivity index (χ0) is 16.2.